The molecule has 7 nitrogen and oxygen atoms in total. The van der Waals surface area contributed by atoms with Gasteiger partial charge < -0.3 is 9.80 Å². The van der Waals surface area contributed by atoms with Crippen molar-refractivity contribution in [3.63, 3.8) is 0 Å². The van der Waals surface area contributed by atoms with E-state index in [1.54, 1.807) is 42.2 Å². The van der Waals surface area contributed by atoms with E-state index in [4.69, 9.17) is 4.98 Å². The first-order chi connectivity index (χ1) is 14.4. The largest absolute Gasteiger partial charge is 0.342 e. The van der Waals surface area contributed by atoms with E-state index in [1.165, 1.54) is 0 Å². The van der Waals surface area contributed by atoms with Crippen LogP contribution in [0.4, 0.5) is 0 Å². The van der Waals surface area contributed by atoms with Crippen LogP contribution < -0.4 is 0 Å². The number of rotatable bonds is 3. The van der Waals surface area contributed by atoms with Crippen LogP contribution in [0.15, 0.2) is 36.7 Å². The Morgan fingerprint density at radius 1 is 1.20 bits per heavy atom. The van der Waals surface area contributed by atoms with Gasteiger partial charge in [-0.05, 0) is 25.5 Å². The van der Waals surface area contributed by atoms with E-state index < -0.39 is 6.04 Å². The second-order valence-electron chi connectivity index (χ2n) is 7.70. The predicted molar refractivity (Wildman–Crippen MR) is 115 cm³/mol. The molecule has 154 valence electrons. The van der Waals surface area contributed by atoms with Crippen LogP contribution >= 0.6 is 0 Å². The van der Waals surface area contributed by atoms with Crippen molar-refractivity contribution < 1.29 is 9.59 Å². The summed E-state index contributed by atoms with van der Waals surface area (Å²) < 4.78 is 0. The molecule has 4 rings (SSSR count). The first-order valence-electron chi connectivity index (χ1n) is 10.2. The molecule has 3 heterocycles. The van der Waals surface area contributed by atoms with Crippen molar-refractivity contribution in [1.29, 1.82) is 0 Å². The van der Waals surface area contributed by atoms with Crippen molar-refractivity contribution in [2.24, 2.45) is 0 Å². The molecule has 1 fully saturated rings. The van der Waals surface area contributed by atoms with Crippen molar-refractivity contribution >= 4 is 22.7 Å². The van der Waals surface area contributed by atoms with Gasteiger partial charge in [0.25, 0.3) is 5.91 Å². The number of benzene rings is 1. The zero-order chi connectivity index (χ0) is 21.4. The minimum absolute atomic E-state index is 0.0482. The minimum Gasteiger partial charge on any atom is -0.342 e. The second-order valence-corrected chi connectivity index (χ2v) is 7.70. The monoisotopic (exact) mass is 403 g/mol. The third-order valence-corrected chi connectivity index (χ3v) is 5.73. The van der Waals surface area contributed by atoms with E-state index in [2.05, 4.69) is 9.97 Å². The Labute approximate surface area is 175 Å². The van der Waals surface area contributed by atoms with Gasteiger partial charge in [-0.3, -0.25) is 9.59 Å². The molecule has 7 heteroatoms. The number of likely N-dealkylation sites (N-methyl/N-ethyl adjacent to an activating group) is 1. The van der Waals surface area contributed by atoms with Gasteiger partial charge in [-0.2, -0.15) is 0 Å². The molecule has 1 atom stereocenters. The summed E-state index contributed by atoms with van der Waals surface area (Å²) in [4.78, 5) is 42.9. The van der Waals surface area contributed by atoms with Gasteiger partial charge in [0, 0.05) is 49.9 Å². The molecule has 1 saturated heterocycles. The summed E-state index contributed by atoms with van der Waals surface area (Å²) in [6.07, 6.45) is 4.24. The van der Waals surface area contributed by atoms with Gasteiger partial charge in [-0.1, -0.05) is 25.1 Å². The number of piperazine rings is 1. The van der Waals surface area contributed by atoms with E-state index >= 15 is 0 Å². The van der Waals surface area contributed by atoms with Gasteiger partial charge in [-0.25, -0.2) is 15.0 Å². The van der Waals surface area contributed by atoms with Gasteiger partial charge in [0.15, 0.2) is 0 Å². The molecule has 0 N–H and O–H groups in total. The van der Waals surface area contributed by atoms with Crippen LogP contribution in [0, 0.1) is 6.92 Å². The summed E-state index contributed by atoms with van der Waals surface area (Å²) in [6.45, 7) is 6.79. The van der Waals surface area contributed by atoms with Crippen molar-refractivity contribution in [3.05, 3.63) is 53.6 Å². The molecule has 0 bridgehead atoms. The minimum atomic E-state index is -0.500. The van der Waals surface area contributed by atoms with Crippen LogP contribution in [0.1, 0.15) is 35.6 Å². The average Bonchev–Trinajstić information content (AvgIpc) is 2.77. The molecular formula is C23H25N5O2. The molecule has 1 aliphatic heterocycles. The molecule has 30 heavy (non-hydrogen) atoms. The van der Waals surface area contributed by atoms with Gasteiger partial charge in [-0.15, -0.1) is 0 Å². The van der Waals surface area contributed by atoms with E-state index in [0.717, 1.165) is 34.3 Å². The summed E-state index contributed by atoms with van der Waals surface area (Å²) in [6, 6.07) is 7.11. The number of carbonyl (C=O) groups excluding carboxylic acids is 2. The molecule has 0 saturated carbocycles. The quantitative estimate of drug-likeness (QED) is 0.672. The Bertz CT molecular complexity index is 1130. The van der Waals surface area contributed by atoms with Crippen LogP contribution in [0.5, 0.6) is 0 Å². The highest BCUT2D eigenvalue weighted by Gasteiger charge is 2.33. The Hall–Kier alpha value is -3.35. The molecule has 0 radical (unpaired) electrons. The fourth-order valence-electron chi connectivity index (χ4n) is 3.83. The summed E-state index contributed by atoms with van der Waals surface area (Å²) in [7, 11) is 1.77. The summed E-state index contributed by atoms with van der Waals surface area (Å²) in [5.74, 6) is 0.555. The van der Waals surface area contributed by atoms with Crippen LogP contribution in [0.2, 0.25) is 0 Å². The number of hydrogen-bond acceptors (Lipinski definition) is 5. The fourth-order valence-corrected chi connectivity index (χ4v) is 3.83. The lowest BCUT2D eigenvalue weighted by atomic mass is 10.0. The SMILES string of the molecule is CCc1ncc(-c2cc(C(=O)N3CCN(C)C(=O)C3C)c3cccc(C)c3n2)cn1. The standard InChI is InChI=1S/C23H25N5O2/c1-5-20-24-12-16(13-25-20)19-11-18(17-8-6-7-14(2)21(17)26-19)23(30)28-10-9-27(4)22(29)15(28)3/h6-8,11-13,15H,5,9-10H2,1-4H3. The molecule has 0 aliphatic carbocycles. The van der Waals surface area contributed by atoms with Gasteiger partial charge in [0.05, 0.1) is 16.8 Å². The zero-order valence-corrected chi connectivity index (χ0v) is 17.7. The van der Waals surface area contributed by atoms with Crippen molar-refractivity contribution in [2.75, 3.05) is 20.1 Å². The first kappa shape index (κ1) is 19.9. The number of amides is 2. The average molecular weight is 403 g/mol. The highest BCUT2D eigenvalue weighted by Crippen LogP contribution is 2.28. The Morgan fingerprint density at radius 2 is 1.93 bits per heavy atom. The molecule has 1 aromatic carbocycles. The number of hydrogen-bond donors (Lipinski definition) is 0. The maximum absolute atomic E-state index is 13.6. The highest BCUT2D eigenvalue weighted by atomic mass is 16.2. The number of nitrogens with zero attached hydrogens (tertiary/aromatic N) is 5. The number of pyridine rings is 1. The molecule has 2 aromatic heterocycles. The number of aryl methyl sites for hydroxylation is 2. The first-order valence-corrected chi connectivity index (χ1v) is 10.2. The number of carbonyl (C=O) groups is 2. The van der Waals surface area contributed by atoms with Gasteiger partial charge in [0.2, 0.25) is 5.91 Å². The van der Waals surface area contributed by atoms with Gasteiger partial charge >= 0.3 is 0 Å². The molecule has 1 unspecified atom stereocenters. The Kier molecular flexibility index (Phi) is 5.20. The molecule has 1 aliphatic rings. The Morgan fingerprint density at radius 3 is 2.63 bits per heavy atom. The number of aromatic nitrogens is 3. The van der Waals surface area contributed by atoms with E-state index in [9.17, 15) is 9.59 Å². The Balaban J connectivity index is 1.84. The lowest BCUT2D eigenvalue weighted by molar-refractivity contribution is -0.137. The normalized spacial score (nSPS) is 16.9. The van der Waals surface area contributed by atoms with Crippen LogP contribution in [0.3, 0.4) is 0 Å². The van der Waals surface area contributed by atoms with Crippen LogP contribution in [-0.4, -0.2) is 62.7 Å². The van der Waals surface area contributed by atoms with Crippen molar-refractivity contribution in [2.45, 2.75) is 33.2 Å². The van der Waals surface area contributed by atoms with Crippen LogP contribution in [-0.2, 0) is 11.2 Å². The molecular weight excluding hydrogens is 378 g/mol. The molecule has 2 amide bonds. The number of fused-ring (bicyclic) bond motifs is 1. The second kappa shape index (κ2) is 7.82. The van der Waals surface area contributed by atoms with E-state index in [-0.39, 0.29) is 11.8 Å². The smallest absolute Gasteiger partial charge is 0.255 e. The molecule has 3 aromatic rings. The lowest BCUT2D eigenvalue weighted by Crippen LogP contribution is -2.56. The summed E-state index contributed by atoms with van der Waals surface area (Å²) >= 11 is 0. The predicted octanol–water partition coefficient (Wildman–Crippen LogP) is 2.87. The topological polar surface area (TPSA) is 79.3 Å². The van der Waals surface area contributed by atoms with E-state index in [0.29, 0.717) is 24.3 Å². The van der Waals surface area contributed by atoms with Crippen LogP contribution in [0.25, 0.3) is 22.2 Å². The van der Waals surface area contributed by atoms with E-state index in [1.807, 2.05) is 32.0 Å². The molecule has 0 spiro atoms. The summed E-state index contributed by atoms with van der Waals surface area (Å²) in [5.41, 5.74) is 3.70. The van der Waals surface area contributed by atoms with Crippen molar-refractivity contribution in [3.8, 4) is 11.3 Å². The maximum atomic E-state index is 13.6. The lowest BCUT2D eigenvalue weighted by Gasteiger charge is -2.37. The maximum Gasteiger partial charge on any atom is 0.255 e. The summed E-state index contributed by atoms with van der Waals surface area (Å²) in [5, 5.41) is 0.786. The number of para-hydroxylation sites is 1. The third-order valence-electron chi connectivity index (χ3n) is 5.73. The third kappa shape index (κ3) is 3.40. The van der Waals surface area contributed by atoms with Gasteiger partial charge in [0.1, 0.15) is 11.9 Å². The highest BCUT2D eigenvalue weighted by molar-refractivity contribution is 6.09. The van der Waals surface area contributed by atoms with Crippen molar-refractivity contribution in [1.82, 2.24) is 24.8 Å². The zero-order valence-electron chi connectivity index (χ0n) is 17.7. The fraction of sp³-hybridized carbons (Fsp3) is 0.348.